The number of aromatic nitrogens is 6. The Hall–Kier alpha value is -2.48. The van der Waals surface area contributed by atoms with Crippen LogP contribution in [0.1, 0.15) is 5.56 Å². The maximum absolute atomic E-state index is 6.28. The molecule has 0 fully saturated rings. The quantitative estimate of drug-likeness (QED) is 0.508. The fraction of sp³-hybridized carbons (Fsp3) is 0.0588. The lowest BCUT2D eigenvalue weighted by molar-refractivity contribution is 0.573. The monoisotopic (exact) mass is 402 g/mol. The molecule has 0 aliphatic carbocycles. The summed E-state index contributed by atoms with van der Waals surface area (Å²) in [6.45, 7) is 0.533. The maximum Gasteiger partial charge on any atom is 0.209 e. The molecule has 4 rings (SSSR count). The first kappa shape index (κ1) is 17.0. The molecule has 0 radical (unpaired) electrons. The Morgan fingerprint density at radius 3 is 2.65 bits per heavy atom. The highest BCUT2D eigenvalue weighted by atomic mass is 35.5. The van der Waals surface area contributed by atoms with Gasteiger partial charge in [-0.3, -0.25) is 5.10 Å². The van der Waals surface area contributed by atoms with Gasteiger partial charge in [0.05, 0.1) is 27.8 Å². The highest BCUT2D eigenvalue weighted by molar-refractivity contribution is 7.71. The molecule has 26 heavy (non-hydrogen) atoms. The molecule has 0 atom stereocenters. The molecule has 2 heterocycles. The van der Waals surface area contributed by atoms with Crippen molar-refractivity contribution in [3.8, 4) is 17.1 Å². The van der Waals surface area contributed by atoms with Crippen LogP contribution in [0.25, 0.3) is 17.1 Å². The normalized spacial score (nSPS) is 11.0. The molecule has 0 spiro atoms. The Kier molecular flexibility index (Phi) is 4.58. The van der Waals surface area contributed by atoms with Crippen LogP contribution >= 0.6 is 35.4 Å². The number of hydrogen-bond donors (Lipinski definition) is 1. The van der Waals surface area contributed by atoms with Crippen LogP contribution in [0.15, 0.2) is 54.7 Å². The smallest absolute Gasteiger partial charge is 0.209 e. The molecule has 0 saturated carbocycles. The number of H-pyrrole nitrogens is 1. The molecule has 0 aliphatic rings. The largest absolute Gasteiger partial charge is 0.299 e. The Morgan fingerprint density at radius 2 is 1.85 bits per heavy atom. The topological polar surface area (TPSA) is 64.3 Å². The first-order valence-corrected chi connectivity index (χ1v) is 8.87. The summed E-state index contributed by atoms with van der Waals surface area (Å²) >= 11 is 17.9. The van der Waals surface area contributed by atoms with Gasteiger partial charge in [0.15, 0.2) is 0 Å². The van der Waals surface area contributed by atoms with Crippen molar-refractivity contribution in [2.24, 2.45) is 0 Å². The van der Waals surface area contributed by atoms with Crippen molar-refractivity contribution in [1.29, 1.82) is 0 Å². The van der Waals surface area contributed by atoms with Gasteiger partial charge in [-0.15, -0.1) is 10.2 Å². The zero-order valence-electron chi connectivity index (χ0n) is 13.3. The third-order valence-corrected chi connectivity index (χ3v) is 5.02. The minimum Gasteiger partial charge on any atom is -0.299 e. The average molecular weight is 403 g/mol. The van der Waals surface area contributed by atoms with E-state index in [1.165, 1.54) is 4.80 Å². The van der Waals surface area contributed by atoms with Gasteiger partial charge >= 0.3 is 0 Å². The summed E-state index contributed by atoms with van der Waals surface area (Å²) < 4.78 is 2.16. The molecule has 6 nitrogen and oxygen atoms in total. The zero-order valence-corrected chi connectivity index (χ0v) is 15.6. The lowest BCUT2D eigenvalue weighted by Gasteiger charge is -2.06. The SMILES string of the molecule is S=c1c(-c2nnn(Cc3ccccc3)n2)c[nH]n1-c1cccc(Cl)c1Cl. The van der Waals surface area contributed by atoms with E-state index in [9.17, 15) is 0 Å². The van der Waals surface area contributed by atoms with Gasteiger partial charge in [0, 0.05) is 6.20 Å². The van der Waals surface area contributed by atoms with E-state index >= 15 is 0 Å². The predicted octanol–water partition coefficient (Wildman–Crippen LogP) is 4.54. The van der Waals surface area contributed by atoms with E-state index in [1.54, 1.807) is 23.0 Å². The molecule has 0 amide bonds. The molecular formula is C17H12Cl2N6S. The summed E-state index contributed by atoms with van der Waals surface area (Å²) in [4.78, 5) is 1.53. The summed E-state index contributed by atoms with van der Waals surface area (Å²) in [5, 5.41) is 16.6. The highest BCUT2D eigenvalue weighted by Crippen LogP contribution is 2.29. The van der Waals surface area contributed by atoms with Crippen LogP contribution in [0, 0.1) is 4.64 Å². The van der Waals surface area contributed by atoms with Crippen LogP contribution in [0.2, 0.25) is 10.0 Å². The van der Waals surface area contributed by atoms with Crippen molar-refractivity contribution in [1.82, 2.24) is 30.0 Å². The third-order valence-electron chi connectivity index (χ3n) is 3.80. The zero-order chi connectivity index (χ0) is 18.1. The van der Waals surface area contributed by atoms with Crippen molar-refractivity contribution >= 4 is 35.4 Å². The maximum atomic E-state index is 6.28. The summed E-state index contributed by atoms with van der Waals surface area (Å²) in [5.74, 6) is 0.444. The Bertz CT molecular complexity index is 1120. The number of nitrogens with one attached hydrogen (secondary N) is 1. The van der Waals surface area contributed by atoms with Crippen LogP contribution < -0.4 is 0 Å². The van der Waals surface area contributed by atoms with Crippen molar-refractivity contribution in [2.75, 3.05) is 0 Å². The minimum absolute atomic E-state index is 0.416. The second-order valence-corrected chi connectivity index (χ2v) is 6.70. The number of hydrogen-bond acceptors (Lipinski definition) is 4. The van der Waals surface area contributed by atoms with Crippen LogP contribution in [-0.2, 0) is 6.54 Å². The molecule has 130 valence electrons. The molecular weight excluding hydrogens is 391 g/mol. The average Bonchev–Trinajstić information content (AvgIpc) is 3.25. The van der Waals surface area contributed by atoms with Crippen LogP contribution in [0.5, 0.6) is 0 Å². The van der Waals surface area contributed by atoms with Crippen molar-refractivity contribution in [3.05, 3.63) is 75.0 Å². The summed E-state index contributed by atoms with van der Waals surface area (Å²) in [6.07, 6.45) is 1.73. The molecule has 2 aromatic heterocycles. The summed E-state index contributed by atoms with van der Waals surface area (Å²) in [6, 6.07) is 15.3. The second kappa shape index (κ2) is 7.03. The predicted molar refractivity (Wildman–Crippen MR) is 103 cm³/mol. The van der Waals surface area contributed by atoms with Gasteiger partial charge in [0.2, 0.25) is 5.82 Å². The number of aromatic amines is 1. The van der Waals surface area contributed by atoms with Gasteiger partial charge in [-0.05, 0) is 22.9 Å². The fourth-order valence-corrected chi connectivity index (χ4v) is 3.22. The van der Waals surface area contributed by atoms with Gasteiger partial charge < -0.3 is 0 Å². The van der Waals surface area contributed by atoms with Crippen molar-refractivity contribution < 1.29 is 0 Å². The standard InChI is InChI=1S/C17H12Cl2N6S/c18-13-7-4-8-14(15(13)19)25-17(26)12(9-20-25)16-21-23-24(22-16)10-11-5-2-1-3-6-11/h1-9,20H,10H2. The van der Waals surface area contributed by atoms with E-state index in [4.69, 9.17) is 35.4 Å². The Labute approximate surface area is 164 Å². The molecule has 0 aliphatic heterocycles. The van der Waals surface area contributed by atoms with Gasteiger partial charge in [-0.25, -0.2) is 4.68 Å². The lowest BCUT2D eigenvalue weighted by atomic mass is 10.2. The molecule has 4 aromatic rings. The van der Waals surface area contributed by atoms with E-state index < -0.39 is 0 Å². The third kappa shape index (κ3) is 3.16. The minimum atomic E-state index is 0.416. The molecule has 2 aromatic carbocycles. The second-order valence-electron chi connectivity index (χ2n) is 5.53. The summed E-state index contributed by atoms with van der Waals surface area (Å²) in [5.41, 5.74) is 2.41. The molecule has 0 saturated heterocycles. The molecule has 9 heteroatoms. The van der Waals surface area contributed by atoms with Gasteiger partial charge in [-0.2, -0.15) is 4.80 Å². The Balaban J connectivity index is 1.67. The highest BCUT2D eigenvalue weighted by Gasteiger charge is 2.14. The Morgan fingerprint density at radius 1 is 1.04 bits per heavy atom. The van der Waals surface area contributed by atoms with Crippen molar-refractivity contribution in [3.63, 3.8) is 0 Å². The van der Waals surface area contributed by atoms with E-state index in [1.807, 2.05) is 36.4 Å². The first-order valence-electron chi connectivity index (χ1n) is 7.70. The summed E-state index contributed by atoms with van der Waals surface area (Å²) in [7, 11) is 0. The van der Waals surface area contributed by atoms with E-state index in [-0.39, 0.29) is 0 Å². The number of tetrazole rings is 1. The van der Waals surface area contributed by atoms with E-state index in [2.05, 4.69) is 20.5 Å². The van der Waals surface area contributed by atoms with Crippen molar-refractivity contribution in [2.45, 2.75) is 6.54 Å². The lowest BCUT2D eigenvalue weighted by Crippen LogP contribution is -2.03. The van der Waals surface area contributed by atoms with Crippen LogP contribution in [0.4, 0.5) is 0 Å². The molecule has 0 bridgehead atoms. The van der Waals surface area contributed by atoms with Gasteiger partial charge in [0.1, 0.15) is 4.64 Å². The van der Waals surface area contributed by atoms with E-state index in [0.717, 1.165) is 5.56 Å². The first-order chi connectivity index (χ1) is 12.6. The number of rotatable bonds is 4. The number of nitrogens with zero attached hydrogens (tertiary/aromatic N) is 5. The molecule has 0 unspecified atom stereocenters. The number of benzene rings is 2. The number of halogens is 2. The van der Waals surface area contributed by atoms with E-state index in [0.29, 0.717) is 38.3 Å². The van der Waals surface area contributed by atoms with Crippen LogP contribution in [0.3, 0.4) is 0 Å². The van der Waals surface area contributed by atoms with Gasteiger partial charge in [-0.1, -0.05) is 71.8 Å². The fourth-order valence-electron chi connectivity index (χ4n) is 2.54. The molecule has 1 N–H and O–H groups in total. The van der Waals surface area contributed by atoms with Crippen LogP contribution in [-0.4, -0.2) is 30.0 Å². The van der Waals surface area contributed by atoms with Gasteiger partial charge in [0.25, 0.3) is 0 Å².